The Labute approximate surface area is 66.2 Å². The lowest BCUT2D eigenvalue weighted by Crippen LogP contribution is -1.90. The first-order chi connectivity index (χ1) is 5.43. The number of anilines is 1. The zero-order chi connectivity index (χ0) is 7.94. The van der Waals surface area contributed by atoms with Gasteiger partial charge in [0.25, 0.3) is 0 Å². The van der Waals surface area contributed by atoms with Crippen LogP contribution in [0.25, 0.3) is 0 Å². The molecule has 3 nitrogen and oxygen atoms in total. The van der Waals surface area contributed by atoms with Crippen LogP contribution in [0.3, 0.4) is 0 Å². The summed E-state index contributed by atoms with van der Waals surface area (Å²) < 4.78 is 0. The number of nitrogens with zero attached hydrogens (tertiary/aromatic N) is 2. The van der Waals surface area contributed by atoms with Crippen LogP contribution in [0.1, 0.15) is 6.42 Å². The van der Waals surface area contributed by atoms with E-state index >= 15 is 0 Å². The number of aromatic nitrogens is 1. The zero-order valence-electron chi connectivity index (χ0n) is 6.20. The van der Waals surface area contributed by atoms with Gasteiger partial charge in [0.2, 0.25) is 0 Å². The molecule has 0 fully saturated rings. The molecule has 0 saturated heterocycles. The predicted octanol–water partition coefficient (Wildman–Crippen LogP) is 1.70. The molecule has 0 spiro atoms. The zero-order valence-corrected chi connectivity index (χ0v) is 6.20. The van der Waals surface area contributed by atoms with Crippen LogP contribution in [0.4, 0.5) is 5.82 Å². The fraction of sp³-hybridized carbons (Fsp3) is 0.125. The maximum Gasteiger partial charge on any atom is 0.146 e. The second-order valence-corrected chi connectivity index (χ2v) is 1.93. The quantitative estimate of drug-likeness (QED) is 0.523. The van der Waals surface area contributed by atoms with E-state index in [2.05, 4.69) is 22.4 Å². The number of hydrogen-bond acceptors (Lipinski definition) is 3. The first kappa shape index (κ1) is 7.72. The van der Waals surface area contributed by atoms with Crippen molar-refractivity contribution in [2.75, 3.05) is 5.43 Å². The van der Waals surface area contributed by atoms with Crippen molar-refractivity contribution in [3.63, 3.8) is 0 Å². The molecule has 1 rings (SSSR count). The van der Waals surface area contributed by atoms with E-state index < -0.39 is 0 Å². The largest absolute Gasteiger partial charge is 0.262 e. The summed E-state index contributed by atoms with van der Waals surface area (Å²) in [5, 5.41) is 3.86. The standard InChI is InChI=1S/C8H10N3/c1-2-6-10-11-8-5-3-4-7-9-8/h3-7H,1-2H2,(H,9,11). The second kappa shape index (κ2) is 4.44. The molecule has 0 unspecified atom stereocenters. The van der Waals surface area contributed by atoms with Crippen LogP contribution in [0.15, 0.2) is 29.5 Å². The SMILES string of the molecule is [CH2]CC=NNc1ccccn1. The maximum absolute atomic E-state index is 4.01. The summed E-state index contributed by atoms with van der Waals surface area (Å²) in [6.07, 6.45) is 4.08. The molecule has 1 radical (unpaired) electrons. The van der Waals surface area contributed by atoms with Gasteiger partial charge in [0.05, 0.1) is 0 Å². The number of hydrazone groups is 1. The lowest BCUT2D eigenvalue weighted by molar-refractivity contribution is 1.22. The normalized spacial score (nSPS) is 10.3. The minimum absolute atomic E-state index is 0.680. The number of hydrogen-bond donors (Lipinski definition) is 1. The lowest BCUT2D eigenvalue weighted by Gasteiger charge is -1.95. The molecule has 0 saturated carbocycles. The Morgan fingerprint density at radius 2 is 2.55 bits per heavy atom. The molecule has 0 aliphatic rings. The summed E-state index contributed by atoms with van der Waals surface area (Å²) in [7, 11) is 0. The molecule has 3 heteroatoms. The first-order valence-corrected chi connectivity index (χ1v) is 3.41. The van der Waals surface area contributed by atoms with Gasteiger partial charge in [0.1, 0.15) is 5.82 Å². The summed E-state index contributed by atoms with van der Waals surface area (Å²) in [5.74, 6) is 0.747. The Morgan fingerprint density at radius 3 is 3.18 bits per heavy atom. The van der Waals surface area contributed by atoms with E-state index in [4.69, 9.17) is 0 Å². The average Bonchev–Trinajstić information content (AvgIpc) is 2.07. The smallest absolute Gasteiger partial charge is 0.146 e. The van der Waals surface area contributed by atoms with Gasteiger partial charge in [0, 0.05) is 12.4 Å². The minimum atomic E-state index is 0.680. The van der Waals surface area contributed by atoms with E-state index in [-0.39, 0.29) is 0 Å². The number of nitrogens with one attached hydrogen (secondary N) is 1. The molecule has 0 aliphatic carbocycles. The fourth-order valence-corrected chi connectivity index (χ4v) is 0.605. The highest BCUT2D eigenvalue weighted by molar-refractivity contribution is 5.59. The van der Waals surface area contributed by atoms with E-state index in [1.807, 2.05) is 18.2 Å². The van der Waals surface area contributed by atoms with Crippen molar-refractivity contribution >= 4 is 12.0 Å². The van der Waals surface area contributed by atoms with Gasteiger partial charge in [0.15, 0.2) is 0 Å². The third kappa shape index (κ3) is 2.80. The summed E-state index contributed by atoms with van der Waals surface area (Å²) >= 11 is 0. The molecule has 1 N–H and O–H groups in total. The van der Waals surface area contributed by atoms with Crippen molar-refractivity contribution in [3.05, 3.63) is 31.3 Å². The van der Waals surface area contributed by atoms with Crippen LogP contribution in [0.5, 0.6) is 0 Å². The molecule has 0 amide bonds. The van der Waals surface area contributed by atoms with Crippen LogP contribution >= 0.6 is 0 Å². The maximum atomic E-state index is 4.01. The van der Waals surface area contributed by atoms with Crippen molar-refractivity contribution < 1.29 is 0 Å². The molecule has 1 aromatic heterocycles. The van der Waals surface area contributed by atoms with Crippen molar-refractivity contribution in [3.8, 4) is 0 Å². The van der Waals surface area contributed by atoms with Gasteiger partial charge in [-0.3, -0.25) is 5.43 Å². The molecule has 57 valence electrons. The van der Waals surface area contributed by atoms with Gasteiger partial charge in [-0.1, -0.05) is 6.07 Å². The van der Waals surface area contributed by atoms with Crippen molar-refractivity contribution in [1.29, 1.82) is 0 Å². The van der Waals surface area contributed by atoms with E-state index in [0.717, 1.165) is 5.82 Å². The van der Waals surface area contributed by atoms with Gasteiger partial charge < -0.3 is 0 Å². The molecule has 1 aromatic rings. The van der Waals surface area contributed by atoms with E-state index in [1.165, 1.54) is 0 Å². The average molecular weight is 148 g/mol. The van der Waals surface area contributed by atoms with E-state index in [0.29, 0.717) is 6.42 Å². The predicted molar refractivity (Wildman–Crippen MR) is 46.3 cm³/mol. The van der Waals surface area contributed by atoms with Crippen LogP contribution in [-0.4, -0.2) is 11.2 Å². The summed E-state index contributed by atoms with van der Waals surface area (Å²) in [6.45, 7) is 3.61. The molecular weight excluding hydrogens is 138 g/mol. The Kier molecular flexibility index (Phi) is 3.12. The van der Waals surface area contributed by atoms with Gasteiger partial charge in [-0.15, -0.1) is 0 Å². The van der Waals surface area contributed by atoms with Gasteiger partial charge in [-0.2, -0.15) is 5.10 Å². The summed E-state index contributed by atoms with van der Waals surface area (Å²) in [4.78, 5) is 4.01. The highest BCUT2D eigenvalue weighted by Crippen LogP contribution is 1.98. The monoisotopic (exact) mass is 148 g/mol. The van der Waals surface area contributed by atoms with Gasteiger partial charge in [-0.05, 0) is 25.5 Å². The van der Waals surface area contributed by atoms with Crippen LogP contribution in [0.2, 0.25) is 0 Å². The third-order valence-corrected chi connectivity index (χ3v) is 1.06. The van der Waals surface area contributed by atoms with Crippen LogP contribution in [-0.2, 0) is 0 Å². The first-order valence-electron chi connectivity index (χ1n) is 3.41. The Hall–Kier alpha value is -1.38. The Morgan fingerprint density at radius 1 is 1.64 bits per heavy atom. The van der Waals surface area contributed by atoms with Crippen molar-refractivity contribution in [1.82, 2.24) is 4.98 Å². The minimum Gasteiger partial charge on any atom is -0.262 e. The molecule has 0 aliphatic heterocycles. The summed E-state index contributed by atoms with van der Waals surface area (Å²) in [5.41, 5.74) is 2.76. The third-order valence-electron chi connectivity index (χ3n) is 1.06. The summed E-state index contributed by atoms with van der Waals surface area (Å²) in [6, 6.07) is 5.60. The molecule has 1 heterocycles. The van der Waals surface area contributed by atoms with Crippen LogP contribution in [0, 0.1) is 6.92 Å². The Bertz CT molecular complexity index is 218. The fourth-order valence-electron chi connectivity index (χ4n) is 0.605. The Balaban J connectivity index is 2.45. The van der Waals surface area contributed by atoms with E-state index in [9.17, 15) is 0 Å². The molecule has 11 heavy (non-hydrogen) atoms. The molecule has 0 aromatic carbocycles. The topological polar surface area (TPSA) is 37.3 Å². The van der Waals surface area contributed by atoms with Gasteiger partial charge in [-0.25, -0.2) is 4.98 Å². The number of pyridine rings is 1. The molecule has 0 bridgehead atoms. The van der Waals surface area contributed by atoms with Crippen LogP contribution < -0.4 is 5.43 Å². The van der Waals surface area contributed by atoms with Crippen molar-refractivity contribution in [2.45, 2.75) is 6.42 Å². The second-order valence-electron chi connectivity index (χ2n) is 1.93. The molecule has 0 atom stereocenters. The number of rotatable bonds is 3. The highest BCUT2D eigenvalue weighted by atomic mass is 15.3. The van der Waals surface area contributed by atoms with Crippen molar-refractivity contribution in [2.24, 2.45) is 5.10 Å². The molecular formula is C8H10N3. The van der Waals surface area contributed by atoms with Gasteiger partial charge >= 0.3 is 0 Å². The lowest BCUT2D eigenvalue weighted by atomic mass is 10.5. The van der Waals surface area contributed by atoms with E-state index in [1.54, 1.807) is 12.4 Å². The highest BCUT2D eigenvalue weighted by Gasteiger charge is 1.83.